The normalized spacial score (nSPS) is 14.2. The highest BCUT2D eigenvalue weighted by Gasteiger charge is 2.39. The fourth-order valence-electron chi connectivity index (χ4n) is 0.766. The van der Waals surface area contributed by atoms with E-state index in [9.17, 15) is 0 Å². The first-order valence-electron chi connectivity index (χ1n) is 4.34. The first kappa shape index (κ1) is 11.4. The van der Waals surface area contributed by atoms with Gasteiger partial charge in [-0.25, -0.2) is 0 Å². The molecule has 0 aromatic heterocycles. The van der Waals surface area contributed by atoms with Gasteiger partial charge in [-0.3, -0.25) is 0 Å². The zero-order chi connectivity index (χ0) is 9.28. The highest BCUT2D eigenvalue weighted by molar-refractivity contribution is 7.37. The second-order valence-corrected chi connectivity index (χ2v) is 20.8. The van der Waals surface area contributed by atoms with Gasteiger partial charge in [-0.15, -0.1) is 0 Å². The molecule has 11 heavy (non-hydrogen) atoms. The SMILES string of the molecule is CC(C)O[Si](C)(C)[Si](C)(C)C. The van der Waals surface area contributed by atoms with Crippen molar-refractivity contribution in [2.75, 3.05) is 0 Å². The smallest absolute Gasteiger partial charge is 0.173 e. The fourth-order valence-corrected chi connectivity index (χ4v) is 4.07. The van der Waals surface area contributed by atoms with Crippen molar-refractivity contribution in [1.82, 2.24) is 0 Å². The number of hydrogen-bond donors (Lipinski definition) is 0. The van der Waals surface area contributed by atoms with Gasteiger partial charge in [0.15, 0.2) is 7.83 Å². The highest BCUT2D eigenvalue weighted by atomic mass is 29.3. The van der Waals surface area contributed by atoms with Gasteiger partial charge >= 0.3 is 0 Å². The highest BCUT2D eigenvalue weighted by Crippen LogP contribution is 2.21. The number of rotatable bonds is 3. The van der Waals surface area contributed by atoms with Crippen LogP contribution in [0.1, 0.15) is 13.8 Å². The van der Waals surface area contributed by atoms with Gasteiger partial charge in [-0.05, 0) is 26.9 Å². The van der Waals surface area contributed by atoms with Crippen LogP contribution in [0.25, 0.3) is 0 Å². The van der Waals surface area contributed by atoms with E-state index in [1.165, 1.54) is 0 Å². The topological polar surface area (TPSA) is 9.23 Å². The van der Waals surface area contributed by atoms with Crippen LogP contribution in [0, 0.1) is 0 Å². The molecule has 0 N–H and O–H groups in total. The summed E-state index contributed by atoms with van der Waals surface area (Å²) in [5.74, 6) is 0. The van der Waals surface area contributed by atoms with Crippen molar-refractivity contribution < 1.29 is 4.43 Å². The Kier molecular flexibility index (Phi) is 3.53. The molecule has 0 radical (unpaired) electrons. The van der Waals surface area contributed by atoms with Gasteiger partial charge in [0.2, 0.25) is 0 Å². The lowest BCUT2D eigenvalue weighted by molar-refractivity contribution is 0.240. The molecule has 0 aliphatic heterocycles. The largest absolute Gasteiger partial charge is 0.418 e. The van der Waals surface area contributed by atoms with Crippen molar-refractivity contribution in [2.45, 2.75) is 52.7 Å². The van der Waals surface area contributed by atoms with Crippen molar-refractivity contribution in [1.29, 1.82) is 0 Å². The Morgan fingerprint density at radius 3 is 1.36 bits per heavy atom. The molecule has 0 heterocycles. The van der Waals surface area contributed by atoms with Crippen molar-refractivity contribution in [2.24, 2.45) is 0 Å². The van der Waals surface area contributed by atoms with E-state index < -0.39 is 15.4 Å². The van der Waals surface area contributed by atoms with Gasteiger partial charge in [-0.1, -0.05) is 19.6 Å². The summed E-state index contributed by atoms with van der Waals surface area (Å²) in [6.45, 7) is 16.2. The van der Waals surface area contributed by atoms with Crippen LogP contribution in [-0.4, -0.2) is 21.5 Å². The zero-order valence-corrected chi connectivity index (χ0v) is 11.0. The molecule has 0 aliphatic rings. The summed E-state index contributed by atoms with van der Waals surface area (Å²) in [5.41, 5.74) is 0. The lowest BCUT2D eigenvalue weighted by Gasteiger charge is -2.36. The fraction of sp³-hybridized carbons (Fsp3) is 1.00. The zero-order valence-electron chi connectivity index (χ0n) is 8.99. The average Bonchev–Trinajstić information content (AvgIpc) is 1.56. The first-order chi connectivity index (χ1) is 4.67. The molecule has 0 aromatic carbocycles. The maximum Gasteiger partial charge on any atom is 0.173 e. The molecule has 0 saturated carbocycles. The Hall–Kier alpha value is 0.394. The van der Waals surface area contributed by atoms with Crippen LogP contribution in [0.2, 0.25) is 32.7 Å². The van der Waals surface area contributed by atoms with Crippen molar-refractivity contribution >= 4 is 15.4 Å². The maximum absolute atomic E-state index is 6.00. The van der Waals surface area contributed by atoms with E-state index in [0.29, 0.717) is 6.10 Å². The Labute approximate surface area is 73.1 Å². The van der Waals surface area contributed by atoms with Gasteiger partial charge in [0.05, 0.1) is 7.59 Å². The third-order valence-electron chi connectivity index (χ3n) is 2.34. The molecule has 0 saturated heterocycles. The van der Waals surface area contributed by atoms with Crippen LogP contribution in [0.4, 0.5) is 0 Å². The van der Waals surface area contributed by atoms with Gasteiger partial charge in [-0.2, -0.15) is 0 Å². The predicted molar refractivity (Wildman–Crippen MR) is 57.0 cm³/mol. The third kappa shape index (κ3) is 3.53. The van der Waals surface area contributed by atoms with Crippen LogP contribution in [-0.2, 0) is 4.43 Å². The maximum atomic E-state index is 6.00. The van der Waals surface area contributed by atoms with Gasteiger partial charge in [0.25, 0.3) is 0 Å². The van der Waals surface area contributed by atoms with E-state index in [1.807, 2.05) is 0 Å². The third-order valence-corrected chi connectivity index (χ3v) is 18.2. The number of hydrogen-bond acceptors (Lipinski definition) is 1. The summed E-state index contributed by atoms with van der Waals surface area (Å²) in [5, 5.41) is 0. The summed E-state index contributed by atoms with van der Waals surface area (Å²) in [7, 11) is -2.36. The second-order valence-electron chi connectivity index (χ2n) is 4.93. The summed E-state index contributed by atoms with van der Waals surface area (Å²) in [6.07, 6.45) is 0.406. The first-order valence-corrected chi connectivity index (χ1v) is 11.8. The molecule has 0 unspecified atom stereocenters. The molecule has 0 bridgehead atoms. The minimum absolute atomic E-state index is 0.406. The summed E-state index contributed by atoms with van der Waals surface area (Å²) >= 11 is 0. The van der Waals surface area contributed by atoms with Gasteiger partial charge < -0.3 is 4.43 Å². The van der Waals surface area contributed by atoms with E-state index in [-0.39, 0.29) is 0 Å². The predicted octanol–water partition coefficient (Wildman–Crippen LogP) is 3.03. The molecule has 0 rings (SSSR count). The quantitative estimate of drug-likeness (QED) is 0.622. The second kappa shape index (κ2) is 3.41. The Balaban J connectivity index is 4.22. The minimum atomic E-state index is -1.33. The van der Waals surface area contributed by atoms with Crippen LogP contribution in [0.15, 0.2) is 0 Å². The minimum Gasteiger partial charge on any atom is -0.418 e. The Morgan fingerprint density at radius 2 is 1.27 bits per heavy atom. The van der Waals surface area contributed by atoms with Crippen molar-refractivity contribution in [3.63, 3.8) is 0 Å². The molecule has 0 atom stereocenters. The van der Waals surface area contributed by atoms with E-state index in [0.717, 1.165) is 0 Å². The lowest BCUT2D eigenvalue weighted by atomic mass is 10.5. The molecule has 1 nitrogen and oxygen atoms in total. The average molecular weight is 190 g/mol. The molecule has 68 valence electrons. The molecule has 3 heteroatoms. The van der Waals surface area contributed by atoms with Crippen LogP contribution in [0.3, 0.4) is 0 Å². The van der Waals surface area contributed by atoms with E-state index in [2.05, 4.69) is 46.6 Å². The Morgan fingerprint density at radius 1 is 0.909 bits per heavy atom. The molecule has 0 aliphatic carbocycles. The van der Waals surface area contributed by atoms with Crippen LogP contribution in [0.5, 0.6) is 0 Å². The van der Waals surface area contributed by atoms with E-state index in [4.69, 9.17) is 4.43 Å². The van der Waals surface area contributed by atoms with Gasteiger partial charge in [0, 0.05) is 6.10 Å². The monoisotopic (exact) mass is 190 g/mol. The van der Waals surface area contributed by atoms with Crippen LogP contribution >= 0.6 is 0 Å². The van der Waals surface area contributed by atoms with E-state index >= 15 is 0 Å². The molecular weight excluding hydrogens is 168 g/mol. The summed E-state index contributed by atoms with van der Waals surface area (Å²) in [6, 6.07) is 0. The molecule has 0 aromatic rings. The van der Waals surface area contributed by atoms with E-state index in [1.54, 1.807) is 0 Å². The molecule has 0 amide bonds. The van der Waals surface area contributed by atoms with Crippen LogP contribution < -0.4 is 0 Å². The summed E-state index contributed by atoms with van der Waals surface area (Å²) in [4.78, 5) is 0. The molecule has 0 spiro atoms. The van der Waals surface area contributed by atoms with Gasteiger partial charge in [0.1, 0.15) is 0 Å². The van der Waals surface area contributed by atoms with Crippen molar-refractivity contribution in [3.05, 3.63) is 0 Å². The summed E-state index contributed by atoms with van der Waals surface area (Å²) < 4.78 is 6.00. The molecular formula is C8H22OSi2. The standard InChI is InChI=1S/C8H22OSi2/c1-8(2)9-11(6,7)10(3,4)5/h8H,1-7H3. The van der Waals surface area contributed by atoms with Crippen molar-refractivity contribution in [3.8, 4) is 0 Å². The molecule has 0 fully saturated rings. The lowest BCUT2D eigenvalue weighted by Crippen LogP contribution is -2.55. The Bertz CT molecular complexity index is 125.